The smallest absolute Gasteiger partial charge is 0.288 e. The van der Waals surface area contributed by atoms with Crippen molar-refractivity contribution in [2.24, 2.45) is 5.73 Å². The van der Waals surface area contributed by atoms with Gasteiger partial charge in [0.2, 0.25) is 27.7 Å². The van der Waals surface area contributed by atoms with Crippen LogP contribution in [0.25, 0.3) is 10.8 Å². The molecule has 1 unspecified atom stereocenters. The summed E-state index contributed by atoms with van der Waals surface area (Å²) in [6.45, 7) is 2.76. The van der Waals surface area contributed by atoms with Gasteiger partial charge in [-0.2, -0.15) is 4.72 Å². The molecule has 3 amide bonds. The van der Waals surface area contributed by atoms with Crippen LogP contribution in [0.2, 0.25) is 5.02 Å². The minimum Gasteiger partial charge on any atom is -0.363 e. The lowest BCUT2D eigenvalue weighted by atomic mass is 10.0. The Balaban J connectivity index is 1.24. The molecule has 0 radical (unpaired) electrons. The molecule has 0 bridgehead atoms. The highest BCUT2D eigenvalue weighted by atomic mass is 35.5. The van der Waals surface area contributed by atoms with Crippen LogP contribution in [0.1, 0.15) is 42.8 Å². The van der Waals surface area contributed by atoms with Crippen molar-refractivity contribution in [2.75, 3.05) is 19.6 Å². The SMILES string of the molecule is C[C@@H](C(=O)N1CCCC(n2cnc(C(N)=O)n2)C1)N1CC[C@H](NS(=O)(=O)c2ccc3cc(Cl)ccc3c2)C1=O. The van der Waals surface area contributed by atoms with Gasteiger partial charge in [-0.3, -0.25) is 14.4 Å². The molecule has 5 rings (SSSR count). The molecule has 3 aromatic rings. The zero-order valence-electron chi connectivity index (χ0n) is 21.2. The average molecular weight is 574 g/mol. The molecule has 206 valence electrons. The van der Waals surface area contributed by atoms with E-state index >= 15 is 0 Å². The highest BCUT2D eigenvalue weighted by molar-refractivity contribution is 7.89. The molecule has 2 aromatic carbocycles. The minimum absolute atomic E-state index is 0.0414. The number of nitrogens with one attached hydrogen (secondary N) is 1. The van der Waals surface area contributed by atoms with E-state index in [9.17, 15) is 22.8 Å². The van der Waals surface area contributed by atoms with E-state index in [2.05, 4.69) is 14.8 Å². The Bertz CT molecular complexity index is 1560. The fourth-order valence-electron chi connectivity index (χ4n) is 5.15. The van der Waals surface area contributed by atoms with Crippen molar-refractivity contribution in [1.82, 2.24) is 29.3 Å². The summed E-state index contributed by atoms with van der Waals surface area (Å²) in [4.78, 5) is 44.9. The van der Waals surface area contributed by atoms with Gasteiger partial charge in [0, 0.05) is 24.7 Å². The summed E-state index contributed by atoms with van der Waals surface area (Å²) >= 11 is 6.01. The molecule has 1 aromatic heterocycles. The number of primary amides is 1. The second kappa shape index (κ2) is 10.5. The van der Waals surface area contributed by atoms with Crippen LogP contribution >= 0.6 is 11.6 Å². The first kappa shape index (κ1) is 27.0. The van der Waals surface area contributed by atoms with E-state index in [1.54, 1.807) is 36.1 Å². The molecule has 14 heteroatoms. The van der Waals surface area contributed by atoms with Gasteiger partial charge in [-0.1, -0.05) is 23.7 Å². The quantitative estimate of drug-likeness (QED) is 0.431. The van der Waals surface area contributed by atoms with E-state index in [1.165, 1.54) is 28.0 Å². The van der Waals surface area contributed by atoms with Crippen molar-refractivity contribution in [1.29, 1.82) is 0 Å². The summed E-state index contributed by atoms with van der Waals surface area (Å²) in [5, 5.41) is 6.16. The Hall–Kier alpha value is -3.55. The van der Waals surface area contributed by atoms with Crippen LogP contribution in [-0.4, -0.2) is 82.4 Å². The molecule has 2 saturated heterocycles. The normalized spacial score (nSPS) is 20.9. The summed E-state index contributed by atoms with van der Waals surface area (Å²) in [7, 11) is -3.98. The van der Waals surface area contributed by atoms with Crippen molar-refractivity contribution in [3.63, 3.8) is 0 Å². The minimum atomic E-state index is -3.98. The lowest BCUT2D eigenvalue weighted by Crippen LogP contribution is -2.52. The number of carbonyl (C=O) groups is 3. The average Bonchev–Trinajstić information content (AvgIpc) is 3.55. The number of nitrogens with zero attached hydrogens (tertiary/aromatic N) is 5. The van der Waals surface area contributed by atoms with E-state index in [1.807, 2.05) is 0 Å². The molecular formula is C25H28ClN7O5S. The van der Waals surface area contributed by atoms with Gasteiger partial charge in [-0.05, 0) is 61.2 Å². The van der Waals surface area contributed by atoms with E-state index in [0.29, 0.717) is 29.9 Å². The van der Waals surface area contributed by atoms with Crippen LogP contribution in [0.15, 0.2) is 47.6 Å². The van der Waals surface area contributed by atoms with Crippen molar-refractivity contribution in [2.45, 2.75) is 49.2 Å². The number of sulfonamides is 1. The predicted molar refractivity (Wildman–Crippen MR) is 142 cm³/mol. The maximum absolute atomic E-state index is 13.3. The molecule has 0 saturated carbocycles. The van der Waals surface area contributed by atoms with E-state index in [-0.39, 0.29) is 35.6 Å². The van der Waals surface area contributed by atoms with E-state index in [4.69, 9.17) is 17.3 Å². The number of nitrogens with two attached hydrogens (primary N) is 1. The first-order chi connectivity index (χ1) is 18.5. The van der Waals surface area contributed by atoms with Crippen LogP contribution in [0.3, 0.4) is 0 Å². The molecule has 0 aliphatic carbocycles. The summed E-state index contributed by atoms with van der Waals surface area (Å²) in [6, 6.07) is 7.91. The predicted octanol–water partition coefficient (Wildman–Crippen LogP) is 1.32. The van der Waals surface area contributed by atoms with Crippen molar-refractivity contribution in [3.8, 4) is 0 Å². The molecule has 2 aliphatic rings. The lowest BCUT2D eigenvalue weighted by molar-refractivity contribution is -0.144. The first-order valence-electron chi connectivity index (χ1n) is 12.6. The number of piperidine rings is 1. The van der Waals surface area contributed by atoms with Gasteiger partial charge in [0.15, 0.2) is 0 Å². The summed E-state index contributed by atoms with van der Waals surface area (Å²) in [5.74, 6) is -1.49. The third kappa shape index (κ3) is 5.47. The van der Waals surface area contributed by atoms with Crippen LogP contribution in [0, 0.1) is 0 Å². The Morgan fingerprint density at radius 1 is 1.13 bits per heavy atom. The third-order valence-electron chi connectivity index (χ3n) is 7.26. The standard InChI is InChI=1S/C25H28ClN7O5S/c1-15(24(35)31-9-2-3-19(13-31)33-14-28-23(29-33)22(27)34)32-10-8-21(25(32)36)30-39(37,38)20-7-5-16-11-18(26)6-4-17(16)12-20/h4-7,11-12,14-15,19,21,30H,2-3,8-10,13H2,1H3,(H2,27,34)/t15-,19?,21-/m0/s1. The Kier molecular flexibility index (Phi) is 7.31. The molecule has 2 aliphatic heterocycles. The molecule has 3 heterocycles. The van der Waals surface area contributed by atoms with Crippen molar-refractivity contribution >= 4 is 50.1 Å². The summed E-state index contributed by atoms with van der Waals surface area (Å²) in [5.41, 5.74) is 5.24. The third-order valence-corrected chi connectivity index (χ3v) is 8.96. The van der Waals surface area contributed by atoms with Crippen LogP contribution in [0.5, 0.6) is 0 Å². The number of benzene rings is 2. The molecule has 39 heavy (non-hydrogen) atoms. The zero-order chi connectivity index (χ0) is 27.9. The van der Waals surface area contributed by atoms with Gasteiger partial charge in [-0.15, -0.1) is 5.10 Å². The molecule has 3 atom stereocenters. The number of likely N-dealkylation sites (tertiary alicyclic amines) is 2. The number of fused-ring (bicyclic) bond motifs is 1. The van der Waals surface area contributed by atoms with Gasteiger partial charge in [0.05, 0.1) is 10.9 Å². The van der Waals surface area contributed by atoms with Gasteiger partial charge >= 0.3 is 0 Å². The lowest BCUT2D eigenvalue weighted by Gasteiger charge is -2.36. The number of aromatic nitrogens is 3. The highest BCUT2D eigenvalue weighted by Crippen LogP contribution is 2.26. The summed E-state index contributed by atoms with van der Waals surface area (Å²) < 4.78 is 30.2. The number of halogens is 1. The number of amides is 3. The van der Waals surface area contributed by atoms with E-state index in [0.717, 1.165) is 11.8 Å². The monoisotopic (exact) mass is 573 g/mol. The Labute approximate surface area is 230 Å². The number of hydrogen-bond donors (Lipinski definition) is 2. The van der Waals surface area contributed by atoms with Crippen molar-refractivity contribution in [3.05, 3.63) is 53.6 Å². The molecular weight excluding hydrogens is 546 g/mol. The number of hydrogen-bond acceptors (Lipinski definition) is 7. The largest absolute Gasteiger partial charge is 0.363 e. The fourth-order valence-corrected chi connectivity index (χ4v) is 6.58. The maximum atomic E-state index is 13.3. The fraction of sp³-hybridized carbons (Fsp3) is 0.400. The van der Waals surface area contributed by atoms with Gasteiger partial charge in [-0.25, -0.2) is 18.1 Å². The van der Waals surface area contributed by atoms with Gasteiger partial charge in [0.25, 0.3) is 5.91 Å². The second-order valence-corrected chi connectivity index (χ2v) is 12.0. The molecule has 0 spiro atoms. The first-order valence-corrected chi connectivity index (χ1v) is 14.4. The van der Waals surface area contributed by atoms with Gasteiger partial charge in [0.1, 0.15) is 18.4 Å². The van der Waals surface area contributed by atoms with Crippen LogP contribution in [0.4, 0.5) is 0 Å². The van der Waals surface area contributed by atoms with Crippen LogP contribution < -0.4 is 10.5 Å². The highest BCUT2D eigenvalue weighted by Gasteiger charge is 2.41. The Morgan fingerprint density at radius 2 is 1.87 bits per heavy atom. The molecule has 12 nitrogen and oxygen atoms in total. The maximum Gasteiger partial charge on any atom is 0.288 e. The van der Waals surface area contributed by atoms with Gasteiger partial charge < -0.3 is 15.5 Å². The van der Waals surface area contributed by atoms with Crippen LogP contribution in [-0.2, 0) is 19.6 Å². The Morgan fingerprint density at radius 3 is 2.62 bits per heavy atom. The van der Waals surface area contributed by atoms with E-state index < -0.39 is 33.9 Å². The summed E-state index contributed by atoms with van der Waals surface area (Å²) in [6.07, 6.45) is 3.13. The zero-order valence-corrected chi connectivity index (χ0v) is 22.7. The topological polar surface area (TPSA) is 161 Å². The number of carbonyl (C=O) groups excluding carboxylic acids is 3. The molecule has 3 N–H and O–H groups in total. The number of rotatable bonds is 7. The van der Waals surface area contributed by atoms with Crippen molar-refractivity contribution < 1.29 is 22.8 Å². The molecule has 2 fully saturated rings. The second-order valence-electron chi connectivity index (χ2n) is 9.82.